The number of nitrogens with zero attached hydrogens (tertiary/aromatic N) is 2. The maximum atomic E-state index is 11.3. The van der Waals surface area contributed by atoms with Crippen LogP contribution in [0.25, 0.3) is 0 Å². The first-order chi connectivity index (χ1) is 8.69. The molecule has 1 unspecified atom stereocenters. The maximum Gasteiger partial charge on any atom is 0.271 e. The maximum absolute atomic E-state index is 11.3. The summed E-state index contributed by atoms with van der Waals surface area (Å²) in [6, 6.07) is 3.46. The van der Waals surface area contributed by atoms with Crippen LogP contribution in [0.5, 0.6) is 0 Å². The molecule has 0 saturated carbocycles. The normalized spacial score (nSPS) is 18.9. The lowest BCUT2D eigenvalue weighted by atomic mass is 10.1. The molecule has 7 nitrogen and oxygen atoms in total. The number of carbonyl (C=O) groups is 2. The van der Waals surface area contributed by atoms with E-state index in [1.54, 1.807) is 19.2 Å². The molecule has 0 spiro atoms. The fraction of sp³-hybridized carbons (Fsp3) is 0.455. The Hall–Kier alpha value is -2.18. The van der Waals surface area contributed by atoms with Crippen LogP contribution in [0.3, 0.4) is 0 Å². The molecule has 1 fully saturated rings. The van der Waals surface area contributed by atoms with Gasteiger partial charge < -0.3 is 16.0 Å². The van der Waals surface area contributed by atoms with Gasteiger partial charge >= 0.3 is 0 Å². The number of rotatable bonds is 3. The summed E-state index contributed by atoms with van der Waals surface area (Å²) in [5, 5.41) is 16.2. The van der Waals surface area contributed by atoms with Gasteiger partial charge in [-0.05, 0) is 18.6 Å². The topological polar surface area (TPSA) is 96.0 Å². The van der Waals surface area contributed by atoms with Crippen molar-refractivity contribution in [3.05, 3.63) is 17.8 Å². The SMILES string of the molecule is CNC(=O)c1ccc(NC2CCC(=O)NC2)nn1. The van der Waals surface area contributed by atoms with Crippen LogP contribution in [0.4, 0.5) is 5.82 Å². The minimum Gasteiger partial charge on any atom is -0.364 e. The molecule has 2 heterocycles. The third kappa shape index (κ3) is 2.93. The van der Waals surface area contributed by atoms with Gasteiger partial charge in [-0.2, -0.15) is 0 Å². The number of nitrogens with one attached hydrogen (secondary N) is 3. The van der Waals surface area contributed by atoms with Crippen LogP contribution in [0.1, 0.15) is 23.3 Å². The van der Waals surface area contributed by atoms with Crippen LogP contribution in [-0.4, -0.2) is 41.6 Å². The molecule has 0 radical (unpaired) electrons. The minimum atomic E-state index is -0.265. The van der Waals surface area contributed by atoms with Crippen LogP contribution in [0.2, 0.25) is 0 Å². The number of anilines is 1. The van der Waals surface area contributed by atoms with E-state index in [1.165, 1.54) is 0 Å². The monoisotopic (exact) mass is 249 g/mol. The van der Waals surface area contributed by atoms with Crippen molar-refractivity contribution in [2.45, 2.75) is 18.9 Å². The van der Waals surface area contributed by atoms with Gasteiger partial charge in [-0.1, -0.05) is 0 Å². The van der Waals surface area contributed by atoms with E-state index in [4.69, 9.17) is 0 Å². The molecule has 1 aliphatic heterocycles. The van der Waals surface area contributed by atoms with Crippen LogP contribution >= 0.6 is 0 Å². The van der Waals surface area contributed by atoms with Gasteiger partial charge in [0, 0.05) is 26.1 Å². The number of hydrogen-bond acceptors (Lipinski definition) is 5. The van der Waals surface area contributed by atoms with Gasteiger partial charge in [0.2, 0.25) is 5.91 Å². The van der Waals surface area contributed by atoms with Crippen molar-refractivity contribution in [1.29, 1.82) is 0 Å². The molecule has 18 heavy (non-hydrogen) atoms. The largest absolute Gasteiger partial charge is 0.364 e. The van der Waals surface area contributed by atoms with E-state index in [0.717, 1.165) is 6.42 Å². The van der Waals surface area contributed by atoms with Crippen molar-refractivity contribution in [3.63, 3.8) is 0 Å². The summed E-state index contributed by atoms with van der Waals surface area (Å²) in [7, 11) is 1.54. The molecule has 7 heteroatoms. The fourth-order valence-electron chi connectivity index (χ4n) is 1.72. The van der Waals surface area contributed by atoms with E-state index in [2.05, 4.69) is 26.1 Å². The number of hydrogen-bond donors (Lipinski definition) is 3. The van der Waals surface area contributed by atoms with E-state index in [-0.39, 0.29) is 23.6 Å². The molecule has 0 aromatic carbocycles. The molecular weight excluding hydrogens is 234 g/mol. The Bertz CT molecular complexity index is 435. The first-order valence-electron chi connectivity index (χ1n) is 5.78. The summed E-state index contributed by atoms with van der Waals surface area (Å²) in [6.45, 7) is 0.581. The molecule has 1 aromatic heterocycles. The van der Waals surface area contributed by atoms with Crippen LogP contribution < -0.4 is 16.0 Å². The first kappa shape index (κ1) is 12.3. The second-order valence-electron chi connectivity index (χ2n) is 4.07. The zero-order valence-corrected chi connectivity index (χ0v) is 10.1. The average molecular weight is 249 g/mol. The summed E-state index contributed by atoms with van der Waals surface area (Å²) in [6.07, 6.45) is 1.28. The van der Waals surface area contributed by atoms with Crippen LogP contribution in [0.15, 0.2) is 12.1 Å². The molecule has 1 saturated heterocycles. The first-order valence-corrected chi connectivity index (χ1v) is 5.78. The van der Waals surface area contributed by atoms with Gasteiger partial charge in [0.05, 0.1) is 0 Å². The minimum absolute atomic E-state index is 0.0779. The highest BCUT2D eigenvalue weighted by molar-refractivity contribution is 5.91. The molecule has 0 bridgehead atoms. The summed E-state index contributed by atoms with van der Waals surface area (Å²) >= 11 is 0. The Balaban J connectivity index is 1.94. The van der Waals surface area contributed by atoms with Crippen molar-refractivity contribution in [2.75, 3.05) is 18.9 Å². The molecule has 1 atom stereocenters. The molecule has 96 valence electrons. The molecular formula is C11H15N5O2. The van der Waals surface area contributed by atoms with Crippen molar-refractivity contribution >= 4 is 17.6 Å². The van der Waals surface area contributed by atoms with Crippen LogP contribution in [0, 0.1) is 0 Å². The smallest absolute Gasteiger partial charge is 0.271 e. The van der Waals surface area contributed by atoms with Gasteiger partial charge in [0.25, 0.3) is 5.91 Å². The molecule has 2 amide bonds. The standard InChI is InChI=1S/C11H15N5O2/c1-12-11(18)8-3-4-9(16-15-8)14-7-2-5-10(17)13-6-7/h3-4,7H,2,5-6H2,1H3,(H,12,18)(H,13,17)(H,14,16). The Labute approximate surface area is 104 Å². The van der Waals surface area contributed by atoms with E-state index in [9.17, 15) is 9.59 Å². The quantitative estimate of drug-likeness (QED) is 0.673. The summed E-state index contributed by atoms with van der Waals surface area (Å²) < 4.78 is 0. The summed E-state index contributed by atoms with van der Waals surface area (Å²) in [5.41, 5.74) is 0.278. The molecule has 0 aliphatic carbocycles. The van der Waals surface area contributed by atoms with Crippen molar-refractivity contribution < 1.29 is 9.59 Å². The lowest BCUT2D eigenvalue weighted by molar-refractivity contribution is -0.122. The lowest BCUT2D eigenvalue weighted by Crippen LogP contribution is -2.42. The Morgan fingerprint density at radius 1 is 1.44 bits per heavy atom. The van der Waals surface area contributed by atoms with E-state index >= 15 is 0 Å². The predicted molar refractivity (Wildman–Crippen MR) is 65.1 cm³/mol. The fourth-order valence-corrected chi connectivity index (χ4v) is 1.72. The molecule has 3 N–H and O–H groups in total. The van der Waals surface area contributed by atoms with E-state index < -0.39 is 0 Å². The Morgan fingerprint density at radius 3 is 2.83 bits per heavy atom. The number of piperidine rings is 1. The summed E-state index contributed by atoms with van der Waals surface area (Å²) in [4.78, 5) is 22.3. The van der Waals surface area contributed by atoms with Gasteiger partial charge in [-0.25, -0.2) is 0 Å². The number of aromatic nitrogens is 2. The van der Waals surface area contributed by atoms with Crippen molar-refractivity contribution in [1.82, 2.24) is 20.8 Å². The van der Waals surface area contributed by atoms with Gasteiger partial charge in [-0.3, -0.25) is 9.59 Å². The predicted octanol–water partition coefficient (Wildman–Crippen LogP) is -0.473. The zero-order chi connectivity index (χ0) is 13.0. The highest BCUT2D eigenvalue weighted by Crippen LogP contribution is 2.10. The lowest BCUT2D eigenvalue weighted by Gasteiger charge is -2.23. The van der Waals surface area contributed by atoms with Crippen molar-refractivity contribution in [2.24, 2.45) is 0 Å². The molecule has 1 aliphatic rings. The summed E-state index contributed by atoms with van der Waals surface area (Å²) in [5.74, 6) is 0.414. The highest BCUT2D eigenvalue weighted by atomic mass is 16.2. The van der Waals surface area contributed by atoms with Crippen molar-refractivity contribution in [3.8, 4) is 0 Å². The third-order valence-electron chi connectivity index (χ3n) is 2.74. The Kier molecular flexibility index (Phi) is 3.71. The average Bonchev–Trinajstić information content (AvgIpc) is 2.41. The highest BCUT2D eigenvalue weighted by Gasteiger charge is 2.18. The van der Waals surface area contributed by atoms with Gasteiger partial charge in [-0.15, -0.1) is 10.2 Å². The number of amides is 2. The Morgan fingerprint density at radius 2 is 2.28 bits per heavy atom. The van der Waals surface area contributed by atoms with E-state index in [1.807, 2.05) is 0 Å². The molecule has 1 aromatic rings. The van der Waals surface area contributed by atoms with Gasteiger partial charge in [0.15, 0.2) is 5.69 Å². The number of carbonyl (C=O) groups excluding carboxylic acids is 2. The van der Waals surface area contributed by atoms with Gasteiger partial charge in [0.1, 0.15) is 5.82 Å². The molecule has 2 rings (SSSR count). The van der Waals surface area contributed by atoms with Crippen LogP contribution in [-0.2, 0) is 4.79 Å². The second kappa shape index (κ2) is 5.44. The van der Waals surface area contributed by atoms with E-state index in [0.29, 0.717) is 18.8 Å². The second-order valence-corrected chi connectivity index (χ2v) is 4.07. The zero-order valence-electron chi connectivity index (χ0n) is 10.1. The third-order valence-corrected chi connectivity index (χ3v) is 2.74.